The lowest BCUT2D eigenvalue weighted by molar-refractivity contribution is -0.124. The lowest BCUT2D eigenvalue weighted by Crippen LogP contribution is -2.40. The highest BCUT2D eigenvalue weighted by Gasteiger charge is 2.45. The molecule has 74 valence electrons. The second-order valence-corrected chi connectivity index (χ2v) is 3.44. The molecule has 1 aromatic rings. The van der Waals surface area contributed by atoms with E-state index >= 15 is 0 Å². The second-order valence-electron chi connectivity index (χ2n) is 3.44. The Kier molecular flexibility index (Phi) is 1.64. The number of furan rings is 1. The fraction of sp³-hybridized carbons (Fsp3) is 0.333. The first-order valence-corrected chi connectivity index (χ1v) is 4.23. The molecule has 0 spiro atoms. The maximum absolute atomic E-state index is 11.5. The van der Waals surface area contributed by atoms with Crippen LogP contribution in [-0.2, 0) is 10.3 Å². The number of nitrogens with one attached hydrogen (secondary N) is 2. The molecule has 2 heterocycles. The van der Waals surface area contributed by atoms with Crippen LogP contribution in [0.2, 0.25) is 0 Å². The summed E-state index contributed by atoms with van der Waals surface area (Å²) in [6.45, 7) is 3.38. The number of rotatable bonds is 1. The molecule has 2 rings (SSSR count). The van der Waals surface area contributed by atoms with Gasteiger partial charge in [0.05, 0.1) is 0 Å². The van der Waals surface area contributed by atoms with Crippen molar-refractivity contribution in [3.05, 3.63) is 23.7 Å². The van der Waals surface area contributed by atoms with Crippen LogP contribution in [0, 0.1) is 6.92 Å². The van der Waals surface area contributed by atoms with Crippen LogP contribution in [0.4, 0.5) is 4.79 Å². The van der Waals surface area contributed by atoms with Gasteiger partial charge >= 0.3 is 6.03 Å². The number of carbonyl (C=O) groups is 2. The normalized spacial score (nSPS) is 26.1. The van der Waals surface area contributed by atoms with Gasteiger partial charge in [-0.2, -0.15) is 0 Å². The molecule has 0 radical (unpaired) electrons. The summed E-state index contributed by atoms with van der Waals surface area (Å²) in [5.74, 6) is 0.755. The average molecular weight is 194 g/mol. The Hall–Kier alpha value is -1.78. The van der Waals surface area contributed by atoms with E-state index in [0.717, 1.165) is 0 Å². The van der Waals surface area contributed by atoms with Crippen LogP contribution in [0.3, 0.4) is 0 Å². The van der Waals surface area contributed by atoms with E-state index < -0.39 is 17.5 Å². The molecular weight excluding hydrogens is 184 g/mol. The van der Waals surface area contributed by atoms with Gasteiger partial charge in [-0.05, 0) is 26.0 Å². The van der Waals surface area contributed by atoms with Gasteiger partial charge in [0.15, 0.2) is 5.54 Å². The van der Waals surface area contributed by atoms with Crippen LogP contribution in [0.1, 0.15) is 18.4 Å². The summed E-state index contributed by atoms with van der Waals surface area (Å²) in [5, 5.41) is 4.68. The quantitative estimate of drug-likeness (QED) is 0.644. The van der Waals surface area contributed by atoms with Gasteiger partial charge in [0.1, 0.15) is 11.5 Å². The molecule has 14 heavy (non-hydrogen) atoms. The van der Waals surface area contributed by atoms with Gasteiger partial charge in [0.25, 0.3) is 5.91 Å². The van der Waals surface area contributed by atoms with E-state index in [1.54, 1.807) is 26.0 Å². The Morgan fingerprint density at radius 1 is 1.36 bits per heavy atom. The fourth-order valence-electron chi connectivity index (χ4n) is 1.42. The Bertz CT molecular complexity index is 410. The average Bonchev–Trinajstić information content (AvgIpc) is 2.59. The molecule has 1 aliphatic heterocycles. The number of amides is 3. The number of urea groups is 1. The standard InChI is InChI=1S/C9H10N2O3/c1-5-3-4-6(14-5)9(2)7(12)10-8(13)11-9/h3-4H,1-2H3,(H2,10,11,12,13)/t9-/m0/s1. The summed E-state index contributed by atoms with van der Waals surface area (Å²) in [5.41, 5.74) is -1.08. The fourth-order valence-corrected chi connectivity index (χ4v) is 1.42. The number of imide groups is 1. The lowest BCUT2D eigenvalue weighted by atomic mass is 10.00. The van der Waals surface area contributed by atoms with Crippen LogP contribution in [-0.4, -0.2) is 11.9 Å². The third kappa shape index (κ3) is 1.09. The maximum Gasteiger partial charge on any atom is 0.322 e. The van der Waals surface area contributed by atoms with E-state index in [1.807, 2.05) is 0 Å². The van der Waals surface area contributed by atoms with Crippen LogP contribution < -0.4 is 10.6 Å². The SMILES string of the molecule is Cc1ccc([C@]2(C)NC(=O)NC2=O)o1. The minimum absolute atomic E-state index is 0.392. The molecule has 1 aromatic heterocycles. The third-order valence-electron chi connectivity index (χ3n) is 2.28. The number of aryl methyl sites for hydroxylation is 1. The first-order valence-electron chi connectivity index (χ1n) is 4.23. The number of hydrogen-bond acceptors (Lipinski definition) is 3. The van der Waals surface area contributed by atoms with Gasteiger partial charge in [-0.25, -0.2) is 4.79 Å². The van der Waals surface area contributed by atoms with Crippen molar-refractivity contribution in [3.63, 3.8) is 0 Å². The molecule has 0 aromatic carbocycles. The number of carbonyl (C=O) groups excluding carboxylic acids is 2. The monoisotopic (exact) mass is 194 g/mol. The third-order valence-corrected chi connectivity index (χ3v) is 2.28. The van der Waals surface area contributed by atoms with E-state index in [1.165, 1.54) is 0 Å². The number of hydrogen-bond donors (Lipinski definition) is 2. The summed E-state index contributed by atoms with van der Waals surface area (Å²) in [7, 11) is 0. The van der Waals surface area contributed by atoms with Crippen LogP contribution in [0.15, 0.2) is 16.5 Å². The van der Waals surface area contributed by atoms with Crippen molar-refractivity contribution >= 4 is 11.9 Å². The van der Waals surface area contributed by atoms with Crippen molar-refractivity contribution in [2.45, 2.75) is 19.4 Å². The van der Waals surface area contributed by atoms with E-state index in [-0.39, 0.29) is 0 Å². The highest BCUT2D eigenvalue weighted by Crippen LogP contribution is 2.25. The van der Waals surface area contributed by atoms with E-state index in [2.05, 4.69) is 10.6 Å². The van der Waals surface area contributed by atoms with Gasteiger partial charge in [-0.15, -0.1) is 0 Å². The largest absolute Gasteiger partial charge is 0.463 e. The highest BCUT2D eigenvalue weighted by atomic mass is 16.3. The Morgan fingerprint density at radius 2 is 2.07 bits per heavy atom. The van der Waals surface area contributed by atoms with Gasteiger partial charge in [0.2, 0.25) is 0 Å². The van der Waals surface area contributed by atoms with Crippen LogP contribution in [0.5, 0.6) is 0 Å². The Labute approximate surface area is 80.5 Å². The summed E-state index contributed by atoms with van der Waals surface area (Å²) in [6.07, 6.45) is 0. The van der Waals surface area contributed by atoms with E-state index in [4.69, 9.17) is 4.42 Å². The molecule has 5 nitrogen and oxygen atoms in total. The molecule has 1 atom stereocenters. The van der Waals surface area contributed by atoms with Gasteiger partial charge < -0.3 is 9.73 Å². The summed E-state index contributed by atoms with van der Waals surface area (Å²) < 4.78 is 5.31. The minimum atomic E-state index is -1.08. The van der Waals surface area contributed by atoms with Gasteiger partial charge in [-0.1, -0.05) is 0 Å². The molecule has 1 fully saturated rings. The van der Waals surface area contributed by atoms with Crippen molar-refractivity contribution < 1.29 is 14.0 Å². The molecule has 0 saturated carbocycles. The lowest BCUT2D eigenvalue weighted by Gasteiger charge is -2.16. The topological polar surface area (TPSA) is 71.3 Å². The zero-order valence-electron chi connectivity index (χ0n) is 7.88. The smallest absolute Gasteiger partial charge is 0.322 e. The molecule has 3 amide bonds. The van der Waals surface area contributed by atoms with E-state index in [9.17, 15) is 9.59 Å². The van der Waals surface area contributed by atoms with E-state index in [0.29, 0.717) is 11.5 Å². The first kappa shape index (κ1) is 8.80. The summed E-state index contributed by atoms with van der Waals surface area (Å²) >= 11 is 0. The highest BCUT2D eigenvalue weighted by molar-refractivity contribution is 6.06. The molecule has 0 unspecified atom stereocenters. The van der Waals surface area contributed by atoms with Crippen molar-refractivity contribution in [3.8, 4) is 0 Å². The molecule has 5 heteroatoms. The zero-order valence-corrected chi connectivity index (χ0v) is 7.88. The van der Waals surface area contributed by atoms with Crippen molar-refractivity contribution in [1.82, 2.24) is 10.6 Å². The molecule has 2 N–H and O–H groups in total. The van der Waals surface area contributed by atoms with Gasteiger partial charge in [-0.3, -0.25) is 10.1 Å². The van der Waals surface area contributed by atoms with Crippen LogP contribution >= 0.6 is 0 Å². The minimum Gasteiger partial charge on any atom is -0.463 e. The van der Waals surface area contributed by atoms with Crippen LogP contribution in [0.25, 0.3) is 0 Å². The Balaban J connectivity index is 2.42. The molecule has 1 saturated heterocycles. The Morgan fingerprint density at radius 3 is 2.50 bits per heavy atom. The predicted octanol–water partition coefficient (Wildman–Crippen LogP) is 0.643. The molecule has 0 bridgehead atoms. The second kappa shape index (κ2) is 2.60. The zero-order chi connectivity index (χ0) is 10.3. The molecule has 1 aliphatic rings. The van der Waals surface area contributed by atoms with Crippen molar-refractivity contribution in [1.29, 1.82) is 0 Å². The maximum atomic E-state index is 11.5. The predicted molar refractivity (Wildman–Crippen MR) is 47.5 cm³/mol. The van der Waals surface area contributed by atoms with Crippen molar-refractivity contribution in [2.75, 3.05) is 0 Å². The van der Waals surface area contributed by atoms with Crippen molar-refractivity contribution in [2.24, 2.45) is 0 Å². The first-order chi connectivity index (χ1) is 6.52. The molecule has 0 aliphatic carbocycles. The van der Waals surface area contributed by atoms with Gasteiger partial charge in [0, 0.05) is 0 Å². The molecular formula is C9H10N2O3. The summed E-state index contributed by atoms with van der Waals surface area (Å²) in [6, 6.07) is 2.94. The summed E-state index contributed by atoms with van der Waals surface area (Å²) in [4.78, 5) is 22.4.